The van der Waals surface area contributed by atoms with Crippen molar-refractivity contribution in [2.45, 2.75) is 6.18 Å². The third kappa shape index (κ3) is 3.74. The van der Waals surface area contributed by atoms with Crippen LogP contribution in [0.3, 0.4) is 0 Å². The van der Waals surface area contributed by atoms with Crippen LogP contribution in [-0.4, -0.2) is 11.3 Å². The highest BCUT2D eigenvalue weighted by Gasteiger charge is 2.29. The van der Waals surface area contributed by atoms with E-state index in [0.717, 1.165) is 17.7 Å². The summed E-state index contributed by atoms with van der Waals surface area (Å²) in [6, 6.07) is 10.9. The Morgan fingerprint density at radius 1 is 0.950 bits per heavy atom. The van der Waals surface area contributed by atoms with Gasteiger partial charge >= 0.3 is 6.18 Å². The Kier molecular flexibility index (Phi) is 3.93. The summed E-state index contributed by atoms with van der Waals surface area (Å²) >= 11 is 0. The van der Waals surface area contributed by atoms with Crippen LogP contribution in [0.25, 0.3) is 0 Å². The molecule has 0 radical (unpaired) electrons. The quantitative estimate of drug-likeness (QED) is 0.662. The largest absolute Gasteiger partial charge is 0.508 e. The standard InChI is InChI=1S/C14H11F3N2O/c15-14(16,17)11-3-5-12(6-4-11)19-18-9-10-1-7-13(20)8-2-10/h1-9,19-20H/b18-9+. The average molecular weight is 280 g/mol. The lowest BCUT2D eigenvalue weighted by Crippen LogP contribution is -2.04. The van der Waals surface area contributed by atoms with Crippen LogP contribution in [0.1, 0.15) is 11.1 Å². The Morgan fingerprint density at radius 3 is 2.10 bits per heavy atom. The molecule has 0 unspecified atom stereocenters. The van der Waals surface area contributed by atoms with E-state index in [4.69, 9.17) is 5.11 Å². The number of nitrogens with zero attached hydrogens (tertiary/aromatic N) is 1. The van der Waals surface area contributed by atoms with Crippen molar-refractivity contribution in [3.05, 3.63) is 59.7 Å². The van der Waals surface area contributed by atoms with Crippen molar-refractivity contribution in [1.29, 1.82) is 0 Å². The fourth-order valence-corrected chi connectivity index (χ4v) is 1.48. The van der Waals surface area contributed by atoms with Gasteiger partial charge in [0.15, 0.2) is 0 Å². The minimum absolute atomic E-state index is 0.151. The summed E-state index contributed by atoms with van der Waals surface area (Å²) in [5, 5.41) is 13.0. The van der Waals surface area contributed by atoms with E-state index < -0.39 is 11.7 Å². The number of halogens is 3. The summed E-state index contributed by atoms with van der Waals surface area (Å²) in [6.07, 6.45) is -2.84. The lowest BCUT2D eigenvalue weighted by atomic mass is 10.2. The van der Waals surface area contributed by atoms with Crippen LogP contribution < -0.4 is 5.43 Å². The molecule has 0 spiro atoms. The second kappa shape index (κ2) is 5.64. The number of benzene rings is 2. The Bertz CT molecular complexity index is 589. The van der Waals surface area contributed by atoms with Crippen molar-refractivity contribution in [1.82, 2.24) is 0 Å². The molecule has 0 aromatic heterocycles. The summed E-state index contributed by atoms with van der Waals surface area (Å²) < 4.78 is 37.1. The van der Waals surface area contributed by atoms with Crippen molar-refractivity contribution in [2.24, 2.45) is 5.10 Å². The molecule has 0 aliphatic rings. The first-order chi connectivity index (χ1) is 9.45. The van der Waals surface area contributed by atoms with Gasteiger partial charge in [0.1, 0.15) is 5.75 Å². The third-order valence-corrected chi connectivity index (χ3v) is 2.51. The van der Waals surface area contributed by atoms with Crippen LogP contribution in [0.15, 0.2) is 53.6 Å². The number of aromatic hydroxyl groups is 1. The van der Waals surface area contributed by atoms with Gasteiger partial charge in [0, 0.05) is 0 Å². The molecular weight excluding hydrogens is 269 g/mol. The van der Waals surface area contributed by atoms with E-state index in [1.54, 1.807) is 12.1 Å². The Morgan fingerprint density at radius 2 is 1.55 bits per heavy atom. The zero-order chi connectivity index (χ0) is 14.6. The predicted octanol–water partition coefficient (Wildman–Crippen LogP) is 3.86. The van der Waals surface area contributed by atoms with Crippen molar-refractivity contribution < 1.29 is 18.3 Å². The first kappa shape index (κ1) is 13.9. The van der Waals surface area contributed by atoms with Crippen LogP contribution in [0.5, 0.6) is 5.75 Å². The molecule has 2 N–H and O–H groups in total. The topological polar surface area (TPSA) is 44.6 Å². The molecule has 0 aliphatic heterocycles. The van der Waals surface area contributed by atoms with E-state index in [1.807, 2.05) is 0 Å². The maximum absolute atomic E-state index is 12.4. The molecular formula is C14H11F3N2O. The third-order valence-electron chi connectivity index (χ3n) is 2.51. The highest BCUT2D eigenvalue weighted by molar-refractivity contribution is 5.80. The van der Waals surface area contributed by atoms with Crippen molar-refractivity contribution in [3.8, 4) is 5.75 Å². The second-order valence-electron chi connectivity index (χ2n) is 4.04. The van der Waals surface area contributed by atoms with Gasteiger partial charge in [0.05, 0.1) is 17.5 Å². The number of phenolic OH excluding ortho intramolecular Hbond substituents is 1. The zero-order valence-corrected chi connectivity index (χ0v) is 10.2. The average Bonchev–Trinajstić information content (AvgIpc) is 2.41. The van der Waals surface area contributed by atoms with Gasteiger partial charge in [-0.15, -0.1) is 0 Å². The zero-order valence-electron chi connectivity index (χ0n) is 10.2. The number of hydrazone groups is 1. The van der Waals surface area contributed by atoms with Gasteiger partial charge in [-0.25, -0.2) is 0 Å². The number of phenols is 1. The van der Waals surface area contributed by atoms with Crippen molar-refractivity contribution in [2.75, 3.05) is 5.43 Å². The highest BCUT2D eigenvalue weighted by Crippen LogP contribution is 2.29. The molecule has 20 heavy (non-hydrogen) atoms. The fraction of sp³-hybridized carbons (Fsp3) is 0.0714. The minimum Gasteiger partial charge on any atom is -0.508 e. The number of alkyl halides is 3. The Labute approximate surface area is 113 Å². The SMILES string of the molecule is Oc1ccc(/C=N/Nc2ccc(C(F)(F)F)cc2)cc1. The fourth-order valence-electron chi connectivity index (χ4n) is 1.48. The molecule has 0 fully saturated rings. The summed E-state index contributed by atoms with van der Waals surface area (Å²) in [5.74, 6) is 0.151. The van der Waals surface area contributed by atoms with Crippen LogP contribution in [-0.2, 0) is 6.18 Å². The molecule has 0 bridgehead atoms. The van der Waals surface area contributed by atoms with Gasteiger partial charge in [-0.2, -0.15) is 18.3 Å². The first-order valence-corrected chi connectivity index (χ1v) is 5.70. The van der Waals surface area contributed by atoms with E-state index in [-0.39, 0.29) is 5.75 Å². The van der Waals surface area contributed by atoms with Gasteiger partial charge in [-0.3, -0.25) is 5.43 Å². The smallest absolute Gasteiger partial charge is 0.416 e. The number of hydrogen-bond donors (Lipinski definition) is 2. The summed E-state index contributed by atoms with van der Waals surface area (Å²) in [6.45, 7) is 0. The molecule has 104 valence electrons. The van der Waals surface area contributed by atoms with E-state index >= 15 is 0 Å². The predicted molar refractivity (Wildman–Crippen MR) is 70.8 cm³/mol. The lowest BCUT2D eigenvalue weighted by molar-refractivity contribution is -0.137. The van der Waals surface area contributed by atoms with Gasteiger partial charge in [0.25, 0.3) is 0 Å². The van der Waals surface area contributed by atoms with E-state index in [2.05, 4.69) is 10.5 Å². The Hall–Kier alpha value is -2.50. The van der Waals surface area contributed by atoms with E-state index in [9.17, 15) is 13.2 Å². The molecule has 2 rings (SSSR count). The van der Waals surface area contributed by atoms with Gasteiger partial charge in [0.2, 0.25) is 0 Å². The summed E-state index contributed by atoms with van der Waals surface area (Å²) in [5.41, 5.74) is 3.13. The molecule has 0 saturated carbocycles. The number of rotatable bonds is 3. The van der Waals surface area contributed by atoms with E-state index in [0.29, 0.717) is 5.69 Å². The summed E-state index contributed by atoms with van der Waals surface area (Å²) in [7, 11) is 0. The first-order valence-electron chi connectivity index (χ1n) is 5.70. The molecule has 0 atom stereocenters. The van der Waals surface area contributed by atoms with Gasteiger partial charge in [-0.05, 0) is 54.1 Å². The Balaban J connectivity index is 1.99. The number of hydrogen-bond acceptors (Lipinski definition) is 3. The monoisotopic (exact) mass is 280 g/mol. The van der Waals surface area contributed by atoms with Crippen molar-refractivity contribution in [3.63, 3.8) is 0 Å². The number of nitrogens with one attached hydrogen (secondary N) is 1. The summed E-state index contributed by atoms with van der Waals surface area (Å²) in [4.78, 5) is 0. The lowest BCUT2D eigenvalue weighted by Gasteiger charge is -2.07. The molecule has 6 heteroatoms. The van der Waals surface area contributed by atoms with E-state index in [1.165, 1.54) is 30.5 Å². The molecule has 2 aromatic rings. The maximum Gasteiger partial charge on any atom is 0.416 e. The maximum atomic E-state index is 12.4. The second-order valence-corrected chi connectivity index (χ2v) is 4.04. The molecule has 0 heterocycles. The van der Waals surface area contributed by atoms with Crippen LogP contribution in [0.4, 0.5) is 18.9 Å². The normalized spacial score (nSPS) is 11.8. The molecule has 0 amide bonds. The van der Waals surface area contributed by atoms with Crippen LogP contribution >= 0.6 is 0 Å². The van der Waals surface area contributed by atoms with Crippen molar-refractivity contribution >= 4 is 11.9 Å². The molecule has 0 aliphatic carbocycles. The molecule has 2 aromatic carbocycles. The number of anilines is 1. The minimum atomic E-state index is -4.34. The highest BCUT2D eigenvalue weighted by atomic mass is 19.4. The van der Waals surface area contributed by atoms with Gasteiger partial charge < -0.3 is 5.11 Å². The molecule has 3 nitrogen and oxygen atoms in total. The van der Waals surface area contributed by atoms with Crippen LogP contribution in [0, 0.1) is 0 Å². The van der Waals surface area contributed by atoms with Crippen LogP contribution in [0.2, 0.25) is 0 Å². The van der Waals surface area contributed by atoms with Gasteiger partial charge in [-0.1, -0.05) is 0 Å². The molecule has 0 saturated heterocycles.